The zero-order chi connectivity index (χ0) is 28.6. The second-order valence-corrected chi connectivity index (χ2v) is 11.4. The number of amides is 1. The van der Waals surface area contributed by atoms with E-state index in [9.17, 15) is 14.7 Å². The molecule has 1 aliphatic carbocycles. The van der Waals surface area contributed by atoms with Crippen LogP contribution in [0.25, 0.3) is 22.6 Å². The van der Waals surface area contributed by atoms with Crippen LogP contribution in [-0.2, 0) is 16.0 Å². The van der Waals surface area contributed by atoms with Gasteiger partial charge in [-0.3, -0.25) is 9.69 Å². The number of pyridine rings is 1. The van der Waals surface area contributed by atoms with Gasteiger partial charge in [0.1, 0.15) is 5.75 Å². The average Bonchev–Trinajstić information content (AvgIpc) is 3.02. The first kappa shape index (κ1) is 26.0. The summed E-state index contributed by atoms with van der Waals surface area (Å²) in [5, 5.41) is 10.4. The third-order valence-corrected chi connectivity index (χ3v) is 8.75. The second-order valence-electron chi connectivity index (χ2n) is 10.3. The van der Waals surface area contributed by atoms with Crippen LogP contribution < -0.4 is 4.90 Å². The zero-order valence-electron chi connectivity index (χ0n) is 22.6. The molecular weight excluding hydrogens is 544 g/mol. The Bertz CT molecular complexity index is 1850. The van der Waals surface area contributed by atoms with Gasteiger partial charge in [0.15, 0.2) is 6.61 Å². The number of aromatic nitrogens is 1. The number of nitrogens with zero attached hydrogens (tertiary/aromatic N) is 2. The molecule has 0 fully saturated rings. The van der Waals surface area contributed by atoms with E-state index in [0.29, 0.717) is 22.9 Å². The molecule has 7 rings (SSSR count). The van der Waals surface area contributed by atoms with Crippen LogP contribution in [0.3, 0.4) is 0 Å². The molecule has 1 N–H and O–H groups in total. The van der Waals surface area contributed by atoms with Crippen molar-refractivity contribution in [3.05, 3.63) is 119 Å². The summed E-state index contributed by atoms with van der Waals surface area (Å²) < 4.78 is 5.80. The molecule has 0 atom stereocenters. The fourth-order valence-electron chi connectivity index (χ4n) is 5.72. The Hall–Kier alpha value is -4.88. The monoisotopic (exact) mass is 570 g/mol. The van der Waals surface area contributed by atoms with Gasteiger partial charge < -0.3 is 9.84 Å². The van der Waals surface area contributed by atoms with E-state index in [1.165, 1.54) is 0 Å². The maximum atomic E-state index is 13.8. The van der Waals surface area contributed by atoms with Crippen molar-refractivity contribution in [2.24, 2.45) is 0 Å². The lowest BCUT2D eigenvalue weighted by molar-refractivity contribution is -0.121. The number of carbonyl (C=O) groups is 2. The molecule has 0 spiro atoms. The number of carbonyl (C=O) groups excluding carboxylic acids is 2. The summed E-state index contributed by atoms with van der Waals surface area (Å²) in [5.41, 5.74) is 6.31. The molecule has 5 aromatic rings. The summed E-state index contributed by atoms with van der Waals surface area (Å²) in [6.07, 6.45) is 4.41. The Labute approximate surface area is 247 Å². The minimum absolute atomic E-state index is 0.208. The van der Waals surface area contributed by atoms with E-state index in [1.54, 1.807) is 28.8 Å². The summed E-state index contributed by atoms with van der Waals surface area (Å²) >= 11 is 1.62. The van der Waals surface area contributed by atoms with Gasteiger partial charge in [-0.15, -0.1) is 0 Å². The summed E-state index contributed by atoms with van der Waals surface area (Å²) in [7, 11) is 0. The number of esters is 1. The molecule has 2 heterocycles. The first-order chi connectivity index (χ1) is 20.6. The van der Waals surface area contributed by atoms with Crippen molar-refractivity contribution in [2.45, 2.75) is 29.1 Å². The molecule has 0 bridgehead atoms. The molecule has 0 radical (unpaired) electrons. The highest BCUT2D eigenvalue weighted by molar-refractivity contribution is 7.99. The number of hydrogen-bond acceptors (Lipinski definition) is 6. The van der Waals surface area contributed by atoms with Gasteiger partial charge in [0.05, 0.1) is 28.1 Å². The van der Waals surface area contributed by atoms with Gasteiger partial charge in [0, 0.05) is 15.2 Å². The lowest BCUT2D eigenvalue weighted by Gasteiger charge is -2.30. The van der Waals surface area contributed by atoms with Gasteiger partial charge in [-0.2, -0.15) is 0 Å². The number of allylic oxidation sites excluding steroid dienone is 1. The van der Waals surface area contributed by atoms with Crippen LogP contribution in [-0.4, -0.2) is 28.6 Å². The van der Waals surface area contributed by atoms with Gasteiger partial charge in [-0.25, -0.2) is 9.78 Å². The van der Waals surface area contributed by atoms with Crippen LogP contribution in [0.4, 0.5) is 11.4 Å². The molecule has 0 saturated heterocycles. The number of rotatable bonds is 4. The molecule has 2 aliphatic rings. The zero-order valence-corrected chi connectivity index (χ0v) is 23.4. The van der Waals surface area contributed by atoms with Crippen molar-refractivity contribution in [2.75, 3.05) is 11.5 Å². The molecule has 0 saturated carbocycles. The molecular formula is C35H26N2O4S. The molecule has 4 aromatic carbocycles. The summed E-state index contributed by atoms with van der Waals surface area (Å²) in [6, 6.07) is 30.1. The quantitative estimate of drug-likeness (QED) is 0.222. The Kier molecular flexibility index (Phi) is 6.72. The number of fused-ring (bicyclic) bond motifs is 4. The predicted molar refractivity (Wildman–Crippen MR) is 165 cm³/mol. The van der Waals surface area contributed by atoms with Crippen LogP contribution >= 0.6 is 11.8 Å². The first-order valence-electron chi connectivity index (χ1n) is 13.8. The van der Waals surface area contributed by atoms with E-state index >= 15 is 0 Å². The molecule has 1 aliphatic heterocycles. The lowest BCUT2D eigenvalue weighted by atomic mass is 9.86. The number of hydrogen-bond donors (Lipinski definition) is 1. The molecule has 7 heteroatoms. The summed E-state index contributed by atoms with van der Waals surface area (Å²) in [4.78, 5) is 36.1. The number of phenols is 1. The molecule has 42 heavy (non-hydrogen) atoms. The van der Waals surface area contributed by atoms with E-state index in [2.05, 4.69) is 6.08 Å². The lowest BCUT2D eigenvalue weighted by Crippen LogP contribution is -2.32. The standard InChI is InChI=1S/C35H26N2O4S/c38-24-18-16-22(17-19-24)20-23-8-7-10-26-33(25-9-1-2-11-27(25)36-34(23)26)35(40)41-21-32(39)37-28-12-3-5-14-30(28)42-31-15-6-4-13-29(31)37/h1-6,9,11-20,38H,7-8,10,21H2. The van der Waals surface area contributed by atoms with Gasteiger partial charge in [0.25, 0.3) is 5.91 Å². The van der Waals surface area contributed by atoms with E-state index in [-0.39, 0.29) is 11.7 Å². The Morgan fingerprint density at radius 2 is 1.52 bits per heavy atom. The largest absolute Gasteiger partial charge is 0.508 e. The van der Waals surface area contributed by atoms with Crippen LogP contribution in [0, 0.1) is 0 Å². The smallest absolute Gasteiger partial charge is 0.339 e. The van der Waals surface area contributed by atoms with Crippen molar-refractivity contribution in [3.63, 3.8) is 0 Å². The molecule has 6 nitrogen and oxygen atoms in total. The van der Waals surface area contributed by atoms with Crippen molar-refractivity contribution in [3.8, 4) is 5.75 Å². The van der Waals surface area contributed by atoms with Crippen molar-refractivity contribution >= 4 is 57.6 Å². The molecule has 1 amide bonds. The average molecular weight is 571 g/mol. The van der Waals surface area contributed by atoms with Gasteiger partial charge in [-0.05, 0) is 84.5 Å². The SMILES string of the molecule is O=C(OCC(=O)N1c2ccccc2Sc2ccccc21)c1c2c(nc3ccccc13)C(=Cc1ccc(O)cc1)CCC2. The van der Waals surface area contributed by atoms with Gasteiger partial charge >= 0.3 is 5.97 Å². The summed E-state index contributed by atoms with van der Waals surface area (Å²) in [6.45, 7) is -0.395. The second kappa shape index (κ2) is 10.8. The van der Waals surface area contributed by atoms with Crippen LogP contribution in [0.15, 0.2) is 107 Å². The van der Waals surface area contributed by atoms with Crippen LogP contribution in [0.5, 0.6) is 5.75 Å². The number of anilines is 2. The normalized spacial score (nSPS) is 14.7. The number of benzene rings is 4. The van der Waals surface area contributed by atoms with Crippen molar-refractivity contribution in [1.29, 1.82) is 0 Å². The van der Waals surface area contributed by atoms with Crippen LogP contribution in [0.2, 0.25) is 0 Å². The highest BCUT2D eigenvalue weighted by atomic mass is 32.2. The summed E-state index contributed by atoms with van der Waals surface area (Å²) in [5.74, 6) is -0.638. The highest BCUT2D eigenvalue weighted by Gasteiger charge is 2.30. The fraction of sp³-hybridized carbons (Fsp3) is 0.114. The Morgan fingerprint density at radius 1 is 0.857 bits per heavy atom. The topological polar surface area (TPSA) is 79.7 Å². The van der Waals surface area contributed by atoms with E-state index in [1.807, 2.05) is 84.9 Å². The van der Waals surface area contributed by atoms with E-state index < -0.39 is 12.6 Å². The van der Waals surface area contributed by atoms with Gasteiger partial charge in [0.2, 0.25) is 0 Å². The van der Waals surface area contributed by atoms with Gasteiger partial charge in [-0.1, -0.05) is 66.4 Å². The van der Waals surface area contributed by atoms with E-state index in [4.69, 9.17) is 9.72 Å². The third-order valence-electron chi connectivity index (χ3n) is 7.62. The number of para-hydroxylation sites is 3. The minimum atomic E-state index is -0.531. The third kappa shape index (κ3) is 4.72. The van der Waals surface area contributed by atoms with Crippen LogP contribution in [0.1, 0.15) is 40.0 Å². The van der Waals surface area contributed by atoms with Crippen molar-refractivity contribution in [1.82, 2.24) is 4.98 Å². The highest BCUT2D eigenvalue weighted by Crippen LogP contribution is 2.48. The fourth-order valence-corrected chi connectivity index (χ4v) is 6.78. The number of aromatic hydroxyl groups is 1. The van der Waals surface area contributed by atoms with Crippen molar-refractivity contribution < 1.29 is 19.4 Å². The minimum Gasteiger partial charge on any atom is -0.508 e. The maximum Gasteiger partial charge on any atom is 0.339 e. The maximum absolute atomic E-state index is 13.8. The Balaban J connectivity index is 1.23. The molecule has 0 unspecified atom stereocenters. The first-order valence-corrected chi connectivity index (χ1v) is 14.7. The Morgan fingerprint density at radius 3 is 2.26 bits per heavy atom. The van der Waals surface area contributed by atoms with E-state index in [0.717, 1.165) is 56.4 Å². The number of phenolic OH excluding ortho intramolecular Hbond substituents is 1. The predicted octanol–water partition coefficient (Wildman–Crippen LogP) is 7.80. The molecule has 1 aromatic heterocycles. The number of ether oxygens (including phenoxy) is 1. The molecule has 206 valence electrons.